The summed E-state index contributed by atoms with van der Waals surface area (Å²) in [5.41, 5.74) is 0. The van der Waals surface area contributed by atoms with Gasteiger partial charge < -0.3 is 14.7 Å². The summed E-state index contributed by atoms with van der Waals surface area (Å²) >= 11 is 0. The molecule has 3 unspecified atom stereocenters. The zero-order valence-corrected chi connectivity index (χ0v) is 11.1. The standard InChI is InChI=1S/C14H27NO2/c1-2-12-4-3-7-15(8-5-12)10-13-11-17-9-6-14(13)16/h12-14,16H,2-11H2,1H3. The third kappa shape index (κ3) is 3.94. The molecule has 0 bridgehead atoms. The minimum absolute atomic E-state index is 0.144. The molecule has 17 heavy (non-hydrogen) atoms. The highest BCUT2D eigenvalue weighted by molar-refractivity contribution is 4.78. The van der Waals surface area contributed by atoms with Gasteiger partial charge in [-0.05, 0) is 44.7 Å². The third-order valence-electron chi connectivity index (χ3n) is 4.44. The predicted octanol–water partition coefficient (Wildman–Crippen LogP) is 1.90. The van der Waals surface area contributed by atoms with E-state index in [-0.39, 0.29) is 6.10 Å². The summed E-state index contributed by atoms with van der Waals surface area (Å²) in [6.45, 7) is 7.22. The molecule has 0 saturated carbocycles. The Kier molecular flexibility index (Phi) is 5.26. The van der Waals surface area contributed by atoms with Crippen LogP contribution in [-0.4, -0.2) is 49.0 Å². The molecule has 1 N–H and O–H groups in total. The number of hydrogen-bond donors (Lipinski definition) is 1. The van der Waals surface area contributed by atoms with Gasteiger partial charge in [-0.3, -0.25) is 0 Å². The fraction of sp³-hybridized carbons (Fsp3) is 1.00. The molecule has 0 aliphatic carbocycles. The average Bonchev–Trinajstić information content (AvgIpc) is 2.57. The number of nitrogens with zero attached hydrogens (tertiary/aromatic N) is 1. The molecule has 0 amide bonds. The largest absolute Gasteiger partial charge is 0.393 e. The van der Waals surface area contributed by atoms with Crippen LogP contribution in [0.2, 0.25) is 0 Å². The Balaban J connectivity index is 1.77. The van der Waals surface area contributed by atoms with Gasteiger partial charge in [-0.2, -0.15) is 0 Å². The first-order valence-corrected chi connectivity index (χ1v) is 7.27. The molecule has 3 nitrogen and oxygen atoms in total. The van der Waals surface area contributed by atoms with Gasteiger partial charge in [0.05, 0.1) is 12.7 Å². The molecule has 2 fully saturated rings. The van der Waals surface area contributed by atoms with Crippen molar-refractivity contribution in [3.63, 3.8) is 0 Å². The van der Waals surface area contributed by atoms with E-state index in [1.54, 1.807) is 0 Å². The van der Waals surface area contributed by atoms with Gasteiger partial charge in [0.15, 0.2) is 0 Å². The zero-order valence-electron chi connectivity index (χ0n) is 11.1. The molecule has 2 aliphatic rings. The van der Waals surface area contributed by atoms with Crippen molar-refractivity contribution in [1.82, 2.24) is 4.90 Å². The van der Waals surface area contributed by atoms with E-state index in [1.165, 1.54) is 38.8 Å². The summed E-state index contributed by atoms with van der Waals surface area (Å²) in [5.74, 6) is 1.26. The lowest BCUT2D eigenvalue weighted by molar-refractivity contribution is -0.0463. The van der Waals surface area contributed by atoms with Crippen molar-refractivity contribution >= 4 is 0 Å². The first-order valence-electron chi connectivity index (χ1n) is 7.27. The van der Waals surface area contributed by atoms with Crippen LogP contribution in [0.5, 0.6) is 0 Å². The molecular formula is C14H27NO2. The van der Waals surface area contributed by atoms with Crippen LogP contribution >= 0.6 is 0 Å². The van der Waals surface area contributed by atoms with E-state index in [0.717, 1.165) is 32.1 Å². The quantitative estimate of drug-likeness (QED) is 0.819. The van der Waals surface area contributed by atoms with Crippen LogP contribution in [0.3, 0.4) is 0 Å². The Morgan fingerprint density at radius 2 is 2.12 bits per heavy atom. The maximum absolute atomic E-state index is 9.96. The summed E-state index contributed by atoms with van der Waals surface area (Å²) in [5, 5.41) is 9.96. The number of rotatable bonds is 3. The fourth-order valence-corrected chi connectivity index (χ4v) is 3.11. The van der Waals surface area contributed by atoms with Gasteiger partial charge in [0.2, 0.25) is 0 Å². The average molecular weight is 241 g/mol. The van der Waals surface area contributed by atoms with Crippen LogP contribution in [0.25, 0.3) is 0 Å². The van der Waals surface area contributed by atoms with E-state index in [1.807, 2.05) is 0 Å². The summed E-state index contributed by atoms with van der Waals surface area (Å²) in [4.78, 5) is 2.54. The van der Waals surface area contributed by atoms with Crippen LogP contribution < -0.4 is 0 Å². The second-order valence-electron chi connectivity index (χ2n) is 5.70. The van der Waals surface area contributed by atoms with Gasteiger partial charge in [0.25, 0.3) is 0 Å². The van der Waals surface area contributed by atoms with Crippen molar-refractivity contribution in [1.29, 1.82) is 0 Å². The third-order valence-corrected chi connectivity index (χ3v) is 4.44. The minimum Gasteiger partial charge on any atom is -0.393 e. The molecule has 3 heteroatoms. The van der Waals surface area contributed by atoms with Crippen LogP contribution in [0, 0.1) is 11.8 Å². The lowest BCUT2D eigenvalue weighted by atomic mass is 9.97. The molecule has 100 valence electrons. The van der Waals surface area contributed by atoms with E-state index in [4.69, 9.17) is 4.74 Å². The van der Waals surface area contributed by atoms with E-state index < -0.39 is 0 Å². The SMILES string of the molecule is CCC1CCCN(CC2COCCC2O)CC1. The van der Waals surface area contributed by atoms with Crippen LogP contribution in [0.1, 0.15) is 39.0 Å². The molecule has 3 atom stereocenters. The van der Waals surface area contributed by atoms with Crippen LogP contribution in [-0.2, 0) is 4.74 Å². The first kappa shape index (κ1) is 13.3. The van der Waals surface area contributed by atoms with Crippen molar-refractivity contribution in [2.75, 3.05) is 32.8 Å². The fourth-order valence-electron chi connectivity index (χ4n) is 3.11. The molecule has 2 rings (SSSR count). The molecule has 2 aliphatic heterocycles. The molecule has 0 aromatic rings. The maximum Gasteiger partial charge on any atom is 0.0624 e. The number of aliphatic hydroxyl groups is 1. The van der Waals surface area contributed by atoms with Crippen molar-refractivity contribution in [3.8, 4) is 0 Å². The topological polar surface area (TPSA) is 32.7 Å². The van der Waals surface area contributed by atoms with Gasteiger partial charge in [0, 0.05) is 19.1 Å². The van der Waals surface area contributed by atoms with Gasteiger partial charge in [-0.1, -0.05) is 13.3 Å². The highest BCUT2D eigenvalue weighted by atomic mass is 16.5. The van der Waals surface area contributed by atoms with Crippen molar-refractivity contribution in [2.24, 2.45) is 11.8 Å². The molecule has 2 saturated heterocycles. The maximum atomic E-state index is 9.96. The van der Waals surface area contributed by atoms with E-state index >= 15 is 0 Å². The van der Waals surface area contributed by atoms with Crippen molar-refractivity contribution < 1.29 is 9.84 Å². The Labute approximate surface area is 105 Å². The van der Waals surface area contributed by atoms with Gasteiger partial charge >= 0.3 is 0 Å². The first-order chi connectivity index (χ1) is 8.29. The second kappa shape index (κ2) is 6.72. The summed E-state index contributed by atoms with van der Waals surface area (Å²) in [7, 11) is 0. The molecule has 2 heterocycles. The van der Waals surface area contributed by atoms with E-state index in [2.05, 4.69) is 11.8 Å². The smallest absolute Gasteiger partial charge is 0.0624 e. The second-order valence-corrected chi connectivity index (χ2v) is 5.70. The Morgan fingerprint density at radius 3 is 2.88 bits per heavy atom. The number of ether oxygens (including phenoxy) is 1. The zero-order chi connectivity index (χ0) is 12.1. The molecular weight excluding hydrogens is 214 g/mol. The number of likely N-dealkylation sites (tertiary alicyclic amines) is 1. The van der Waals surface area contributed by atoms with Gasteiger partial charge in [0.1, 0.15) is 0 Å². The van der Waals surface area contributed by atoms with Crippen LogP contribution in [0.4, 0.5) is 0 Å². The highest BCUT2D eigenvalue weighted by Crippen LogP contribution is 2.22. The van der Waals surface area contributed by atoms with E-state index in [0.29, 0.717) is 5.92 Å². The van der Waals surface area contributed by atoms with Crippen molar-refractivity contribution in [3.05, 3.63) is 0 Å². The summed E-state index contributed by atoms with van der Waals surface area (Å²) < 4.78 is 5.48. The minimum atomic E-state index is -0.144. The van der Waals surface area contributed by atoms with Gasteiger partial charge in [-0.15, -0.1) is 0 Å². The molecule has 0 spiro atoms. The Hall–Kier alpha value is -0.120. The predicted molar refractivity (Wildman–Crippen MR) is 69.0 cm³/mol. The van der Waals surface area contributed by atoms with Gasteiger partial charge in [-0.25, -0.2) is 0 Å². The lowest BCUT2D eigenvalue weighted by Gasteiger charge is -2.32. The highest BCUT2D eigenvalue weighted by Gasteiger charge is 2.26. The Morgan fingerprint density at radius 1 is 1.24 bits per heavy atom. The van der Waals surface area contributed by atoms with E-state index in [9.17, 15) is 5.11 Å². The molecule has 0 aromatic carbocycles. The summed E-state index contributed by atoms with van der Waals surface area (Å²) in [6.07, 6.45) is 6.03. The number of hydrogen-bond acceptors (Lipinski definition) is 3. The number of aliphatic hydroxyl groups excluding tert-OH is 1. The van der Waals surface area contributed by atoms with Crippen molar-refractivity contribution in [2.45, 2.75) is 45.1 Å². The lowest BCUT2D eigenvalue weighted by Crippen LogP contribution is -2.41. The van der Waals surface area contributed by atoms with Crippen LogP contribution in [0.15, 0.2) is 0 Å². The molecule has 0 aromatic heterocycles. The summed E-state index contributed by atoms with van der Waals surface area (Å²) in [6, 6.07) is 0. The normalized spacial score (nSPS) is 36.7. The monoisotopic (exact) mass is 241 g/mol. The Bertz CT molecular complexity index is 222. The molecule has 0 radical (unpaired) electrons.